The third-order valence-electron chi connectivity index (χ3n) is 5.56. The van der Waals surface area contributed by atoms with Crippen molar-refractivity contribution in [3.8, 4) is 0 Å². The van der Waals surface area contributed by atoms with Gasteiger partial charge in [-0.05, 0) is 43.9 Å². The van der Waals surface area contributed by atoms with Crippen molar-refractivity contribution in [3.63, 3.8) is 0 Å². The van der Waals surface area contributed by atoms with Gasteiger partial charge < -0.3 is 15.7 Å². The van der Waals surface area contributed by atoms with E-state index in [9.17, 15) is 14.4 Å². The summed E-state index contributed by atoms with van der Waals surface area (Å²) in [5, 5.41) is 14.9. The smallest absolute Gasteiger partial charge is 0.305 e. The summed E-state index contributed by atoms with van der Waals surface area (Å²) >= 11 is 0. The van der Waals surface area contributed by atoms with E-state index in [1.807, 2.05) is 13.8 Å². The molecule has 2 amide bonds. The normalized spacial score (nSPS) is 17.2. The van der Waals surface area contributed by atoms with Crippen LogP contribution in [0.2, 0.25) is 0 Å². The molecule has 27 heavy (non-hydrogen) atoms. The molecule has 0 aromatic heterocycles. The summed E-state index contributed by atoms with van der Waals surface area (Å²) in [5.41, 5.74) is 0.126. The summed E-state index contributed by atoms with van der Waals surface area (Å²) in [5.74, 6) is -1.31. The van der Waals surface area contributed by atoms with Gasteiger partial charge in [-0.2, -0.15) is 0 Å². The van der Waals surface area contributed by atoms with Gasteiger partial charge in [-0.1, -0.05) is 39.2 Å². The zero-order chi connectivity index (χ0) is 20.0. The second-order valence-electron chi connectivity index (χ2n) is 8.00. The van der Waals surface area contributed by atoms with Crippen LogP contribution in [0.3, 0.4) is 0 Å². The molecule has 148 valence electrons. The number of hydrogen-bond acceptors (Lipinski definition) is 3. The first-order valence-corrected chi connectivity index (χ1v) is 9.66. The maximum absolute atomic E-state index is 12.7. The average molecular weight is 374 g/mol. The summed E-state index contributed by atoms with van der Waals surface area (Å²) in [4.78, 5) is 36.2. The van der Waals surface area contributed by atoms with Gasteiger partial charge >= 0.3 is 5.97 Å². The van der Waals surface area contributed by atoms with E-state index in [2.05, 4.69) is 10.6 Å². The topological polar surface area (TPSA) is 95.5 Å². The van der Waals surface area contributed by atoms with Crippen LogP contribution in [0.4, 0.5) is 5.69 Å². The fraction of sp³-hybridized carbons (Fsp3) is 0.571. The van der Waals surface area contributed by atoms with E-state index in [0.717, 1.165) is 25.7 Å². The van der Waals surface area contributed by atoms with Crippen molar-refractivity contribution in [2.75, 3.05) is 5.32 Å². The average Bonchev–Trinajstić information content (AvgIpc) is 2.61. The fourth-order valence-electron chi connectivity index (χ4n) is 3.39. The lowest BCUT2D eigenvalue weighted by atomic mass is 9.85. The van der Waals surface area contributed by atoms with Crippen LogP contribution in [0.5, 0.6) is 0 Å². The highest BCUT2D eigenvalue weighted by Gasteiger charge is 2.33. The minimum absolute atomic E-state index is 0.00477. The van der Waals surface area contributed by atoms with E-state index in [1.54, 1.807) is 31.2 Å². The number of carbonyl (C=O) groups is 3. The molecule has 1 aromatic carbocycles. The van der Waals surface area contributed by atoms with Gasteiger partial charge in [0.1, 0.15) is 0 Å². The van der Waals surface area contributed by atoms with Crippen LogP contribution in [0.25, 0.3) is 0 Å². The Kier molecular flexibility index (Phi) is 6.99. The molecule has 1 fully saturated rings. The first-order chi connectivity index (χ1) is 12.7. The number of carboxylic acid groups (broad SMARTS) is 1. The first kappa shape index (κ1) is 20.9. The molecule has 1 aromatic rings. The molecule has 0 spiro atoms. The number of rotatable bonds is 7. The molecular formula is C21H30N2O4. The first-order valence-electron chi connectivity index (χ1n) is 9.66. The van der Waals surface area contributed by atoms with Crippen molar-refractivity contribution in [2.45, 2.75) is 64.8 Å². The second-order valence-corrected chi connectivity index (χ2v) is 8.00. The van der Waals surface area contributed by atoms with Crippen molar-refractivity contribution in [1.29, 1.82) is 0 Å². The highest BCUT2D eigenvalue weighted by atomic mass is 16.4. The molecule has 2 rings (SSSR count). The van der Waals surface area contributed by atoms with Crippen molar-refractivity contribution < 1.29 is 19.5 Å². The van der Waals surface area contributed by atoms with E-state index in [4.69, 9.17) is 5.11 Å². The van der Waals surface area contributed by atoms with Gasteiger partial charge in [0.05, 0.1) is 12.0 Å². The molecule has 0 bridgehead atoms. The number of amides is 2. The van der Waals surface area contributed by atoms with Gasteiger partial charge in [0.25, 0.3) is 5.91 Å². The molecule has 0 saturated heterocycles. The predicted molar refractivity (Wildman–Crippen MR) is 105 cm³/mol. The standard InChI is InChI=1S/C21H30N2O4/c1-14(2)21(3,13-18(24)25)23-20(27)16-10-7-11-17(12-16)22-19(26)15-8-5-4-6-9-15/h7,10-12,14-15H,4-6,8-9,13H2,1-3H3,(H,22,26)(H,23,27)(H,24,25). The number of aliphatic carboxylic acids is 1. The molecule has 0 radical (unpaired) electrons. The largest absolute Gasteiger partial charge is 0.481 e. The molecule has 0 aliphatic heterocycles. The van der Waals surface area contributed by atoms with Crippen LogP contribution in [-0.4, -0.2) is 28.4 Å². The summed E-state index contributed by atoms with van der Waals surface area (Å²) in [6.07, 6.45) is 5.01. The highest BCUT2D eigenvalue weighted by Crippen LogP contribution is 2.25. The van der Waals surface area contributed by atoms with Crippen LogP contribution < -0.4 is 10.6 Å². The van der Waals surface area contributed by atoms with E-state index in [0.29, 0.717) is 11.3 Å². The van der Waals surface area contributed by atoms with E-state index >= 15 is 0 Å². The summed E-state index contributed by atoms with van der Waals surface area (Å²) < 4.78 is 0. The summed E-state index contributed by atoms with van der Waals surface area (Å²) in [6.45, 7) is 5.49. The molecule has 1 unspecified atom stereocenters. The summed E-state index contributed by atoms with van der Waals surface area (Å²) in [6, 6.07) is 6.77. The number of carbonyl (C=O) groups excluding carboxylic acids is 2. The zero-order valence-corrected chi connectivity index (χ0v) is 16.4. The van der Waals surface area contributed by atoms with Crippen LogP contribution in [0, 0.1) is 11.8 Å². The van der Waals surface area contributed by atoms with Gasteiger partial charge in [0.2, 0.25) is 5.91 Å². The SMILES string of the molecule is CC(C)C(C)(CC(=O)O)NC(=O)c1cccc(NC(=O)C2CCCCC2)c1. The van der Waals surface area contributed by atoms with Crippen LogP contribution in [-0.2, 0) is 9.59 Å². The lowest BCUT2D eigenvalue weighted by Gasteiger charge is -2.33. The molecule has 6 nitrogen and oxygen atoms in total. The van der Waals surface area contributed by atoms with Crippen LogP contribution in [0.15, 0.2) is 24.3 Å². The quantitative estimate of drug-likeness (QED) is 0.676. The Morgan fingerprint density at radius 1 is 1.19 bits per heavy atom. The van der Waals surface area contributed by atoms with E-state index in [1.165, 1.54) is 6.42 Å². The third kappa shape index (κ3) is 5.81. The number of carboxylic acids is 1. The lowest BCUT2D eigenvalue weighted by Crippen LogP contribution is -2.51. The Bertz CT molecular complexity index is 695. The molecular weight excluding hydrogens is 344 g/mol. The van der Waals surface area contributed by atoms with Crippen LogP contribution in [0.1, 0.15) is 69.7 Å². The van der Waals surface area contributed by atoms with Gasteiger partial charge in [0.15, 0.2) is 0 Å². The number of nitrogens with one attached hydrogen (secondary N) is 2. The second kappa shape index (κ2) is 9.02. The Morgan fingerprint density at radius 2 is 1.85 bits per heavy atom. The Hall–Kier alpha value is -2.37. The number of benzene rings is 1. The van der Waals surface area contributed by atoms with E-state index in [-0.39, 0.29) is 30.1 Å². The van der Waals surface area contributed by atoms with Gasteiger partial charge in [-0.15, -0.1) is 0 Å². The Labute approximate surface area is 160 Å². The van der Waals surface area contributed by atoms with Crippen LogP contribution >= 0.6 is 0 Å². The van der Waals surface area contributed by atoms with E-state index < -0.39 is 11.5 Å². The zero-order valence-electron chi connectivity index (χ0n) is 16.4. The minimum atomic E-state index is -0.958. The Balaban J connectivity index is 2.07. The minimum Gasteiger partial charge on any atom is -0.481 e. The molecule has 3 N–H and O–H groups in total. The van der Waals surface area contributed by atoms with Crippen molar-refractivity contribution in [1.82, 2.24) is 5.32 Å². The Morgan fingerprint density at radius 3 is 2.44 bits per heavy atom. The predicted octanol–water partition coefficient (Wildman–Crippen LogP) is 3.82. The van der Waals surface area contributed by atoms with Gasteiger partial charge in [0, 0.05) is 17.2 Å². The monoisotopic (exact) mass is 374 g/mol. The molecule has 1 aliphatic carbocycles. The lowest BCUT2D eigenvalue weighted by molar-refractivity contribution is -0.139. The number of anilines is 1. The maximum atomic E-state index is 12.7. The maximum Gasteiger partial charge on any atom is 0.305 e. The summed E-state index contributed by atoms with van der Waals surface area (Å²) in [7, 11) is 0. The molecule has 0 heterocycles. The van der Waals surface area contributed by atoms with Crippen molar-refractivity contribution in [2.24, 2.45) is 11.8 Å². The highest BCUT2D eigenvalue weighted by molar-refractivity contribution is 5.98. The van der Waals surface area contributed by atoms with Gasteiger partial charge in [-0.25, -0.2) is 0 Å². The molecule has 1 atom stereocenters. The van der Waals surface area contributed by atoms with Gasteiger partial charge in [-0.3, -0.25) is 14.4 Å². The fourth-order valence-corrected chi connectivity index (χ4v) is 3.39. The number of hydrogen-bond donors (Lipinski definition) is 3. The molecule has 1 aliphatic rings. The van der Waals surface area contributed by atoms with Crippen molar-refractivity contribution in [3.05, 3.63) is 29.8 Å². The molecule has 1 saturated carbocycles. The third-order valence-corrected chi connectivity index (χ3v) is 5.56. The molecule has 6 heteroatoms. The van der Waals surface area contributed by atoms with Crippen molar-refractivity contribution >= 4 is 23.5 Å².